The van der Waals surface area contributed by atoms with Crippen LogP contribution < -0.4 is 10.5 Å². The highest BCUT2D eigenvalue weighted by molar-refractivity contribution is 5.72. The summed E-state index contributed by atoms with van der Waals surface area (Å²) in [6.07, 6.45) is 7.04. The number of nitrogen functional groups attached to an aromatic ring is 1. The van der Waals surface area contributed by atoms with Crippen molar-refractivity contribution in [3.05, 3.63) is 60.8 Å². The molecule has 2 heterocycles. The van der Waals surface area contributed by atoms with Gasteiger partial charge in [-0.05, 0) is 23.8 Å². The number of pyridine rings is 1. The number of aromatic nitrogens is 3. The summed E-state index contributed by atoms with van der Waals surface area (Å²) in [6.45, 7) is 0.716. The van der Waals surface area contributed by atoms with Gasteiger partial charge in [-0.2, -0.15) is 0 Å². The number of ether oxygens (including phenoxy) is 1. The van der Waals surface area contributed by atoms with E-state index in [0.717, 1.165) is 22.6 Å². The molecule has 5 heteroatoms. The molecule has 0 aliphatic rings. The van der Waals surface area contributed by atoms with Crippen LogP contribution in [0.25, 0.3) is 11.3 Å². The Hall–Kier alpha value is -2.82. The summed E-state index contributed by atoms with van der Waals surface area (Å²) in [4.78, 5) is 8.36. The zero-order valence-electron chi connectivity index (χ0n) is 11.7. The Labute approximate surface area is 123 Å². The van der Waals surface area contributed by atoms with Crippen molar-refractivity contribution in [2.24, 2.45) is 0 Å². The molecule has 1 aromatic carbocycles. The zero-order valence-corrected chi connectivity index (χ0v) is 11.7. The molecule has 3 rings (SSSR count). The molecule has 21 heavy (non-hydrogen) atoms. The van der Waals surface area contributed by atoms with E-state index in [1.54, 1.807) is 38.1 Å². The Balaban J connectivity index is 1.90. The second-order valence-corrected chi connectivity index (χ2v) is 4.72. The molecule has 0 aliphatic heterocycles. The zero-order chi connectivity index (χ0) is 14.7. The molecule has 0 bridgehead atoms. The average Bonchev–Trinajstić information content (AvgIpc) is 2.96. The second kappa shape index (κ2) is 5.66. The van der Waals surface area contributed by atoms with Crippen molar-refractivity contribution in [3.63, 3.8) is 0 Å². The van der Waals surface area contributed by atoms with E-state index in [9.17, 15) is 0 Å². The lowest BCUT2D eigenvalue weighted by molar-refractivity contribution is 0.414. The smallest absolute Gasteiger partial charge is 0.118 e. The third-order valence-electron chi connectivity index (χ3n) is 3.36. The maximum Gasteiger partial charge on any atom is 0.118 e. The summed E-state index contributed by atoms with van der Waals surface area (Å²) in [5.74, 6) is 0.848. The van der Waals surface area contributed by atoms with Gasteiger partial charge in [0.15, 0.2) is 0 Å². The first-order valence-corrected chi connectivity index (χ1v) is 6.61. The normalized spacial score (nSPS) is 10.5. The number of rotatable bonds is 4. The van der Waals surface area contributed by atoms with E-state index in [-0.39, 0.29) is 0 Å². The van der Waals surface area contributed by atoms with Crippen LogP contribution >= 0.6 is 0 Å². The van der Waals surface area contributed by atoms with Crippen molar-refractivity contribution in [1.29, 1.82) is 0 Å². The van der Waals surface area contributed by atoms with Gasteiger partial charge < -0.3 is 15.0 Å². The van der Waals surface area contributed by atoms with Crippen LogP contribution in [0.2, 0.25) is 0 Å². The number of methoxy groups -OCH3 is 1. The molecule has 0 spiro atoms. The molecule has 0 amide bonds. The number of benzene rings is 1. The van der Waals surface area contributed by atoms with Gasteiger partial charge in [0.05, 0.1) is 25.3 Å². The topological polar surface area (TPSA) is 66.0 Å². The Morgan fingerprint density at radius 1 is 1.10 bits per heavy atom. The molecule has 0 saturated carbocycles. The van der Waals surface area contributed by atoms with E-state index in [2.05, 4.69) is 14.5 Å². The summed E-state index contributed by atoms with van der Waals surface area (Å²) >= 11 is 0. The fourth-order valence-electron chi connectivity index (χ4n) is 2.22. The highest BCUT2D eigenvalue weighted by Gasteiger charge is 2.09. The summed E-state index contributed by atoms with van der Waals surface area (Å²) in [5.41, 5.74) is 9.72. The maximum atomic E-state index is 6.01. The molecule has 2 N–H and O–H groups in total. The van der Waals surface area contributed by atoms with Crippen molar-refractivity contribution < 1.29 is 4.74 Å². The second-order valence-electron chi connectivity index (χ2n) is 4.72. The van der Waals surface area contributed by atoms with E-state index in [1.165, 1.54) is 0 Å². The molecular weight excluding hydrogens is 264 g/mol. The number of imidazole rings is 1. The molecule has 0 fully saturated rings. The van der Waals surface area contributed by atoms with Crippen LogP contribution in [0, 0.1) is 0 Å². The molecule has 5 nitrogen and oxygen atoms in total. The van der Waals surface area contributed by atoms with Crippen LogP contribution in [-0.2, 0) is 6.54 Å². The number of hydrogen-bond donors (Lipinski definition) is 1. The highest BCUT2D eigenvalue weighted by Crippen LogP contribution is 2.25. The van der Waals surface area contributed by atoms with Gasteiger partial charge in [-0.1, -0.05) is 12.1 Å². The van der Waals surface area contributed by atoms with Gasteiger partial charge in [-0.15, -0.1) is 0 Å². The first kappa shape index (κ1) is 13.2. The number of nitrogens with two attached hydrogens (primary N) is 1. The maximum absolute atomic E-state index is 6.01. The Bertz CT molecular complexity index is 734. The lowest BCUT2D eigenvalue weighted by Crippen LogP contribution is -2.02. The fraction of sp³-hybridized carbons (Fsp3) is 0.125. The molecule has 0 atom stereocenters. The summed E-state index contributed by atoms with van der Waals surface area (Å²) in [6, 6.07) is 9.76. The average molecular weight is 280 g/mol. The minimum absolute atomic E-state index is 0.696. The van der Waals surface area contributed by atoms with Gasteiger partial charge in [-0.3, -0.25) is 4.98 Å². The van der Waals surface area contributed by atoms with Gasteiger partial charge in [0.2, 0.25) is 0 Å². The fourth-order valence-corrected chi connectivity index (χ4v) is 2.22. The number of hydrogen-bond acceptors (Lipinski definition) is 4. The first-order valence-electron chi connectivity index (χ1n) is 6.61. The number of nitrogens with zero attached hydrogens (tertiary/aromatic N) is 3. The van der Waals surface area contributed by atoms with Crippen LogP contribution in [-0.4, -0.2) is 21.6 Å². The summed E-state index contributed by atoms with van der Waals surface area (Å²) in [7, 11) is 1.66. The molecular formula is C16H16N4O. The highest BCUT2D eigenvalue weighted by atomic mass is 16.5. The van der Waals surface area contributed by atoms with E-state index in [4.69, 9.17) is 10.5 Å². The van der Waals surface area contributed by atoms with Crippen LogP contribution in [0.1, 0.15) is 5.56 Å². The van der Waals surface area contributed by atoms with Crippen molar-refractivity contribution in [2.75, 3.05) is 12.8 Å². The molecule has 0 aliphatic carbocycles. The van der Waals surface area contributed by atoms with Crippen LogP contribution in [0.5, 0.6) is 5.75 Å². The van der Waals surface area contributed by atoms with Crippen LogP contribution in [0.3, 0.4) is 0 Å². The molecule has 2 aromatic heterocycles. The Morgan fingerprint density at radius 3 is 2.62 bits per heavy atom. The SMILES string of the molecule is COc1ccc(Cn2cncc2-c2cnccc2N)cc1. The van der Waals surface area contributed by atoms with Crippen molar-refractivity contribution in [1.82, 2.24) is 14.5 Å². The van der Waals surface area contributed by atoms with Gasteiger partial charge in [0.25, 0.3) is 0 Å². The largest absolute Gasteiger partial charge is 0.497 e. The van der Waals surface area contributed by atoms with E-state index >= 15 is 0 Å². The lowest BCUT2D eigenvalue weighted by atomic mass is 10.1. The Kier molecular flexibility index (Phi) is 3.55. The monoisotopic (exact) mass is 280 g/mol. The van der Waals surface area contributed by atoms with Crippen molar-refractivity contribution in [3.8, 4) is 17.0 Å². The first-order chi connectivity index (χ1) is 10.3. The predicted octanol–water partition coefficient (Wildman–Crippen LogP) is 2.58. The van der Waals surface area contributed by atoms with Crippen LogP contribution in [0.4, 0.5) is 5.69 Å². The third kappa shape index (κ3) is 2.72. The molecule has 0 unspecified atom stereocenters. The molecule has 0 saturated heterocycles. The quantitative estimate of drug-likeness (QED) is 0.797. The van der Waals surface area contributed by atoms with E-state index < -0.39 is 0 Å². The standard InChI is InChI=1S/C16H16N4O/c1-21-13-4-2-12(3-5-13)10-20-11-19-9-16(20)14-8-18-7-6-15(14)17/h2-9,11H,10H2,1H3,(H2,17,18). The predicted molar refractivity (Wildman–Crippen MR) is 82.0 cm³/mol. The van der Waals surface area contributed by atoms with Crippen molar-refractivity contribution in [2.45, 2.75) is 6.54 Å². The summed E-state index contributed by atoms with van der Waals surface area (Å²) in [5, 5.41) is 0. The van der Waals surface area contributed by atoms with Gasteiger partial charge in [0, 0.05) is 30.2 Å². The molecule has 106 valence electrons. The lowest BCUT2D eigenvalue weighted by Gasteiger charge is -2.10. The molecule has 0 radical (unpaired) electrons. The Morgan fingerprint density at radius 2 is 1.90 bits per heavy atom. The van der Waals surface area contributed by atoms with Gasteiger partial charge in [0.1, 0.15) is 5.75 Å². The minimum Gasteiger partial charge on any atom is -0.497 e. The third-order valence-corrected chi connectivity index (χ3v) is 3.36. The van der Waals surface area contributed by atoms with E-state index in [0.29, 0.717) is 12.2 Å². The van der Waals surface area contributed by atoms with Crippen LogP contribution in [0.15, 0.2) is 55.2 Å². The van der Waals surface area contributed by atoms with Crippen molar-refractivity contribution >= 4 is 5.69 Å². The van der Waals surface area contributed by atoms with Gasteiger partial charge in [-0.25, -0.2) is 4.98 Å². The molecule has 3 aromatic rings. The summed E-state index contributed by atoms with van der Waals surface area (Å²) < 4.78 is 7.22. The van der Waals surface area contributed by atoms with Gasteiger partial charge >= 0.3 is 0 Å². The number of anilines is 1. The minimum atomic E-state index is 0.696. The van der Waals surface area contributed by atoms with E-state index in [1.807, 2.05) is 24.3 Å².